The lowest BCUT2D eigenvalue weighted by Crippen LogP contribution is -2.31. The Kier molecular flexibility index (Phi) is 3.23. The highest BCUT2D eigenvalue weighted by atomic mass is 16.5. The van der Waals surface area contributed by atoms with Gasteiger partial charge in [-0.3, -0.25) is 0 Å². The van der Waals surface area contributed by atoms with Gasteiger partial charge < -0.3 is 14.4 Å². The molecular formula is C13H13NO4. The van der Waals surface area contributed by atoms with Crippen LogP contribution in [0.2, 0.25) is 0 Å². The lowest BCUT2D eigenvalue weighted by Gasteiger charge is -2.05. The predicted molar refractivity (Wildman–Crippen MR) is 66.9 cm³/mol. The fourth-order valence-electron chi connectivity index (χ4n) is 1.55. The van der Waals surface area contributed by atoms with Crippen molar-refractivity contribution in [2.45, 2.75) is 6.92 Å². The van der Waals surface area contributed by atoms with Gasteiger partial charge in [0.25, 0.3) is 0 Å². The van der Waals surface area contributed by atoms with Gasteiger partial charge >= 0.3 is 5.63 Å². The molecule has 0 bridgehead atoms. The first-order chi connectivity index (χ1) is 8.61. The summed E-state index contributed by atoms with van der Waals surface area (Å²) in [6.07, 6.45) is 1.62. The average molecular weight is 247 g/mol. The highest BCUT2D eigenvalue weighted by Crippen LogP contribution is 2.26. The summed E-state index contributed by atoms with van der Waals surface area (Å²) >= 11 is 0. The van der Waals surface area contributed by atoms with Crippen molar-refractivity contribution in [3.8, 4) is 11.5 Å². The SMILES string of the molecule is C=c1[nH]oc(=O)/c1=C/c1ccc(O)c(OCC)c1. The zero-order valence-corrected chi connectivity index (χ0v) is 9.90. The summed E-state index contributed by atoms with van der Waals surface area (Å²) in [7, 11) is 0. The lowest BCUT2D eigenvalue weighted by molar-refractivity contribution is 0.318. The van der Waals surface area contributed by atoms with Crippen molar-refractivity contribution in [1.82, 2.24) is 5.16 Å². The molecule has 5 nitrogen and oxygen atoms in total. The van der Waals surface area contributed by atoms with Crippen LogP contribution in [0.5, 0.6) is 11.5 Å². The number of H-pyrrole nitrogens is 1. The van der Waals surface area contributed by atoms with E-state index in [4.69, 9.17) is 4.74 Å². The topological polar surface area (TPSA) is 75.5 Å². The third-order valence-electron chi connectivity index (χ3n) is 2.41. The maximum Gasteiger partial charge on any atom is 0.365 e. The van der Waals surface area contributed by atoms with Gasteiger partial charge in [-0.05, 0) is 30.7 Å². The third kappa shape index (κ3) is 2.29. The average Bonchev–Trinajstić information content (AvgIpc) is 2.65. The molecule has 2 N–H and O–H groups in total. The molecule has 2 rings (SSSR count). The van der Waals surface area contributed by atoms with Gasteiger partial charge in [-0.25, -0.2) is 9.95 Å². The van der Waals surface area contributed by atoms with Crippen LogP contribution in [0.3, 0.4) is 0 Å². The standard InChI is InChI=1S/C13H13NO4/c1-3-17-12-7-9(4-5-11(12)15)6-10-8(2)14-18-13(10)16/h4-7,14-15H,2-3H2,1H3/b10-6+. The van der Waals surface area contributed by atoms with Gasteiger partial charge in [0.1, 0.15) is 0 Å². The molecule has 0 saturated carbocycles. The Balaban J connectivity index is 2.54. The van der Waals surface area contributed by atoms with Gasteiger partial charge in [0, 0.05) is 0 Å². The second-order valence-corrected chi connectivity index (χ2v) is 3.69. The van der Waals surface area contributed by atoms with Gasteiger partial charge in [0.15, 0.2) is 11.5 Å². The Bertz CT molecular complexity index is 681. The van der Waals surface area contributed by atoms with E-state index in [9.17, 15) is 9.90 Å². The van der Waals surface area contributed by atoms with Crippen molar-refractivity contribution < 1.29 is 14.4 Å². The Labute approximate surface area is 103 Å². The van der Waals surface area contributed by atoms with Gasteiger partial charge in [-0.15, -0.1) is 0 Å². The van der Waals surface area contributed by atoms with E-state index in [0.717, 1.165) is 0 Å². The lowest BCUT2D eigenvalue weighted by atomic mass is 10.1. The Morgan fingerprint density at radius 3 is 2.94 bits per heavy atom. The number of aromatic hydroxyl groups is 1. The van der Waals surface area contributed by atoms with Crippen molar-refractivity contribution in [1.29, 1.82) is 0 Å². The van der Waals surface area contributed by atoms with E-state index in [1.165, 1.54) is 6.07 Å². The number of phenolic OH excluding ortho intramolecular Hbond substituents is 1. The van der Waals surface area contributed by atoms with E-state index >= 15 is 0 Å². The van der Waals surface area contributed by atoms with Crippen molar-refractivity contribution in [3.63, 3.8) is 0 Å². The van der Waals surface area contributed by atoms with Crippen LogP contribution in [0.1, 0.15) is 12.5 Å². The molecule has 0 saturated heterocycles. The monoisotopic (exact) mass is 247 g/mol. The largest absolute Gasteiger partial charge is 0.504 e. The quantitative estimate of drug-likeness (QED) is 0.818. The molecule has 0 aliphatic rings. The normalized spacial score (nSPS) is 11.7. The van der Waals surface area contributed by atoms with Crippen LogP contribution in [0.15, 0.2) is 27.5 Å². The van der Waals surface area contributed by atoms with E-state index in [2.05, 4.69) is 16.3 Å². The molecule has 0 aliphatic carbocycles. The van der Waals surface area contributed by atoms with Crippen LogP contribution in [0, 0.1) is 0 Å². The molecule has 2 aromatic rings. The summed E-state index contributed by atoms with van der Waals surface area (Å²) in [6, 6.07) is 4.82. The summed E-state index contributed by atoms with van der Waals surface area (Å²) in [5, 5.41) is 12.7. The van der Waals surface area contributed by atoms with E-state index in [-0.39, 0.29) is 5.75 Å². The molecule has 94 valence electrons. The van der Waals surface area contributed by atoms with Crippen molar-refractivity contribution in [2.24, 2.45) is 0 Å². The Hall–Kier alpha value is -2.43. The Morgan fingerprint density at radius 2 is 2.33 bits per heavy atom. The van der Waals surface area contributed by atoms with Crippen LogP contribution in [-0.2, 0) is 0 Å². The van der Waals surface area contributed by atoms with E-state index in [1.54, 1.807) is 18.2 Å². The molecule has 1 aromatic heterocycles. The zero-order chi connectivity index (χ0) is 13.1. The molecule has 0 aliphatic heterocycles. The van der Waals surface area contributed by atoms with Gasteiger partial charge in [-0.2, -0.15) is 0 Å². The maximum atomic E-state index is 11.4. The van der Waals surface area contributed by atoms with Crippen LogP contribution in [-0.4, -0.2) is 16.9 Å². The molecule has 1 heterocycles. The minimum Gasteiger partial charge on any atom is -0.504 e. The smallest absolute Gasteiger partial charge is 0.365 e. The number of aromatic nitrogens is 1. The molecule has 0 amide bonds. The first kappa shape index (κ1) is 12.0. The second-order valence-electron chi connectivity index (χ2n) is 3.69. The number of rotatable bonds is 3. The minimum absolute atomic E-state index is 0.0601. The molecule has 0 atom stereocenters. The fraction of sp³-hybridized carbons (Fsp3) is 0.154. The van der Waals surface area contributed by atoms with Crippen LogP contribution < -0.4 is 20.9 Å². The molecule has 1 aromatic carbocycles. The molecule has 0 fully saturated rings. The number of hydrogen-bond donors (Lipinski definition) is 2. The molecule has 5 heteroatoms. The molecule has 0 radical (unpaired) electrons. The number of ether oxygens (including phenoxy) is 1. The van der Waals surface area contributed by atoms with E-state index in [1.807, 2.05) is 6.92 Å². The first-order valence-corrected chi connectivity index (χ1v) is 5.45. The number of hydrogen-bond acceptors (Lipinski definition) is 4. The summed E-state index contributed by atoms with van der Waals surface area (Å²) in [6.45, 7) is 5.93. The summed E-state index contributed by atoms with van der Waals surface area (Å²) in [5.74, 6) is 0.432. The van der Waals surface area contributed by atoms with Crippen LogP contribution in [0.25, 0.3) is 12.7 Å². The van der Waals surface area contributed by atoms with Gasteiger partial charge in [-0.1, -0.05) is 12.6 Å². The fourth-order valence-corrected chi connectivity index (χ4v) is 1.55. The highest BCUT2D eigenvalue weighted by molar-refractivity contribution is 5.55. The molecule has 0 unspecified atom stereocenters. The predicted octanol–water partition coefficient (Wildman–Crippen LogP) is 0.311. The molecule has 0 spiro atoms. The molecular weight excluding hydrogens is 234 g/mol. The van der Waals surface area contributed by atoms with Crippen molar-refractivity contribution in [2.75, 3.05) is 6.61 Å². The van der Waals surface area contributed by atoms with E-state index < -0.39 is 5.63 Å². The second kappa shape index (κ2) is 4.83. The number of phenols is 1. The van der Waals surface area contributed by atoms with Crippen molar-refractivity contribution in [3.05, 3.63) is 44.8 Å². The Morgan fingerprint density at radius 1 is 1.56 bits per heavy atom. The van der Waals surface area contributed by atoms with Gasteiger partial charge in [0.05, 0.1) is 17.2 Å². The van der Waals surface area contributed by atoms with Crippen LogP contribution in [0.4, 0.5) is 0 Å². The third-order valence-corrected chi connectivity index (χ3v) is 2.41. The van der Waals surface area contributed by atoms with Gasteiger partial charge in [0.2, 0.25) is 0 Å². The first-order valence-electron chi connectivity index (χ1n) is 5.45. The number of nitrogens with one attached hydrogen (secondary N) is 1. The summed E-state index contributed by atoms with van der Waals surface area (Å²) < 4.78 is 9.88. The molecule has 18 heavy (non-hydrogen) atoms. The number of aromatic amines is 1. The highest BCUT2D eigenvalue weighted by Gasteiger charge is 2.03. The van der Waals surface area contributed by atoms with Crippen LogP contribution >= 0.6 is 0 Å². The summed E-state index contributed by atoms with van der Waals surface area (Å²) in [5.41, 5.74) is 0.235. The number of benzene rings is 1. The summed E-state index contributed by atoms with van der Waals surface area (Å²) in [4.78, 5) is 11.4. The zero-order valence-electron chi connectivity index (χ0n) is 9.90. The minimum atomic E-state index is -0.481. The maximum absolute atomic E-state index is 11.4. The van der Waals surface area contributed by atoms with E-state index in [0.29, 0.717) is 28.5 Å². The van der Waals surface area contributed by atoms with Crippen molar-refractivity contribution >= 4 is 12.7 Å².